The molecule has 98 valence electrons. The molecule has 0 N–H and O–H groups in total. The summed E-state index contributed by atoms with van der Waals surface area (Å²) in [7, 11) is 0. The van der Waals surface area contributed by atoms with E-state index in [0.29, 0.717) is 24.0 Å². The first-order valence-electron chi connectivity index (χ1n) is 6.45. The number of carbonyl (C=O) groups is 1. The Morgan fingerprint density at radius 1 is 1.42 bits per heavy atom. The molecule has 1 unspecified atom stereocenters. The summed E-state index contributed by atoms with van der Waals surface area (Å²) < 4.78 is 0. The quantitative estimate of drug-likeness (QED) is 0.788. The Morgan fingerprint density at radius 3 is 2.95 bits per heavy atom. The van der Waals surface area contributed by atoms with Crippen molar-refractivity contribution in [2.24, 2.45) is 5.92 Å². The molecule has 4 heteroatoms. The molecule has 0 radical (unpaired) electrons. The molecule has 1 aliphatic heterocycles. The molecule has 3 nitrogen and oxygen atoms in total. The molecular formula is C15H15ClN2O. The van der Waals surface area contributed by atoms with E-state index in [1.807, 2.05) is 35.2 Å². The number of benzene rings is 1. The predicted molar refractivity (Wildman–Crippen MR) is 76.0 cm³/mol. The molecule has 1 atom stereocenters. The molecule has 1 aromatic carbocycles. The average molecular weight is 275 g/mol. The van der Waals surface area contributed by atoms with Crippen LogP contribution in [0.2, 0.25) is 5.15 Å². The van der Waals surface area contributed by atoms with Gasteiger partial charge in [-0.05, 0) is 18.1 Å². The standard InChI is InChI=1S/C15H15ClN2O/c1-10-6-14(19)18(8-10)9-12-7-11-4-2-3-5-13(11)17-15(12)16/h2-5,7,10H,6,8-9H2,1H3. The predicted octanol–water partition coefficient (Wildman–Crippen LogP) is 3.26. The van der Waals surface area contributed by atoms with Crippen LogP contribution in [0.15, 0.2) is 30.3 Å². The van der Waals surface area contributed by atoms with Gasteiger partial charge in [-0.15, -0.1) is 0 Å². The van der Waals surface area contributed by atoms with Gasteiger partial charge < -0.3 is 4.90 Å². The van der Waals surface area contributed by atoms with Crippen LogP contribution in [0.25, 0.3) is 10.9 Å². The van der Waals surface area contributed by atoms with E-state index in [1.54, 1.807) is 0 Å². The first-order valence-corrected chi connectivity index (χ1v) is 6.83. The van der Waals surface area contributed by atoms with Crippen molar-refractivity contribution in [2.75, 3.05) is 6.54 Å². The highest BCUT2D eigenvalue weighted by Crippen LogP contribution is 2.25. The maximum atomic E-state index is 11.8. The number of carbonyl (C=O) groups excluding carboxylic acids is 1. The molecule has 2 aromatic rings. The second-order valence-corrected chi connectivity index (χ2v) is 5.57. The highest BCUT2D eigenvalue weighted by atomic mass is 35.5. The molecule has 1 aliphatic rings. The largest absolute Gasteiger partial charge is 0.338 e. The minimum atomic E-state index is 0.205. The van der Waals surface area contributed by atoms with Gasteiger partial charge in [0.05, 0.1) is 5.52 Å². The number of rotatable bonds is 2. The number of halogens is 1. The highest BCUT2D eigenvalue weighted by Gasteiger charge is 2.26. The Morgan fingerprint density at radius 2 is 2.21 bits per heavy atom. The lowest BCUT2D eigenvalue weighted by Crippen LogP contribution is -2.24. The summed E-state index contributed by atoms with van der Waals surface area (Å²) in [5, 5.41) is 1.55. The van der Waals surface area contributed by atoms with Gasteiger partial charge in [0.15, 0.2) is 0 Å². The number of hydrogen-bond donors (Lipinski definition) is 0. The number of nitrogens with zero attached hydrogens (tertiary/aromatic N) is 2. The zero-order chi connectivity index (χ0) is 13.4. The van der Waals surface area contributed by atoms with Crippen LogP contribution >= 0.6 is 11.6 Å². The summed E-state index contributed by atoms with van der Waals surface area (Å²) in [6.07, 6.45) is 0.638. The van der Waals surface area contributed by atoms with Crippen molar-refractivity contribution in [1.29, 1.82) is 0 Å². The minimum Gasteiger partial charge on any atom is -0.338 e. The lowest BCUT2D eigenvalue weighted by Gasteiger charge is -2.17. The number of hydrogen-bond acceptors (Lipinski definition) is 2. The van der Waals surface area contributed by atoms with Gasteiger partial charge in [0.1, 0.15) is 5.15 Å². The smallest absolute Gasteiger partial charge is 0.223 e. The van der Waals surface area contributed by atoms with Gasteiger partial charge in [0.2, 0.25) is 5.91 Å². The highest BCUT2D eigenvalue weighted by molar-refractivity contribution is 6.30. The van der Waals surface area contributed by atoms with Crippen LogP contribution in [-0.4, -0.2) is 22.3 Å². The fourth-order valence-corrected chi connectivity index (χ4v) is 2.78. The molecule has 1 amide bonds. The van der Waals surface area contributed by atoms with Crippen molar-refractivity contribution in [1.82, 2.24) is 9.88 Å². The Kier molecular flexibility index (Phi) is 3.15. The maximum Gasteiger partial charge on any atom is 0.223 e. The summed E-state index contributed by atoms with van der Waals surface area (Å²) in [5.74, 6) is 0.636. The second-order valence-electron chi connectivity index (χ2n) is 5.21. The molecule has 0 saturated carbocycles. The van der Waals surface area contributed by atoms with Crippen LogP contribution in [0, 0.1) is 5.92 Å². The monoisotopic (exact) mass is 274 g/mol. The topological polar surface area (TPSA) is 33.2 Å². The molecule has 1 saturated heterocycles. The van der Waals surface area contributed by atoms with Gasteiger partial charge in [-0.1, -0.05) is 36.7 Å². The molecule has 1 fully saturated rings. The van der Waals surface area contributed by atoms with Gasteiger partial charge in [0, 0.05) is 30.5 Å². The Hall–Kier alpha value is -1.61. The van der Waals surface area contributed by atoms with Crippen LogP contribution in [0.1, 0.15) is 18.9 Å². The van der Waals surface area contributed by atoms with E-state index in [9.17, 15) is 4.79 Å². The molecule has 1 aromatic heterocycles. The summed E-state index contributed by atoms with van der Waals surface area (Å²) >= 11 is 6.22. The fourth-order valence-electron chi connectivity index (χ4n) is 2.58. The SMILES string of the molecule is CC1CC(=O)N(Cc2cc3ccccc3nc2Cl)C1. The van der Waals surface area contributed by atoms with Crippen molar-refractivity contribution in [3.8, 4) is 0 Å². The van der Waals surface area contributed by atoms with Crippen LogP contribution in [0.5, 0.6) is 0 Å². The first-order chi connectivity index (χ1) is 9.13. The van der Waals surface area contributed by atoms with E-state index in [4.69, 9.17) is 11.6 Å². The maximum absolute atomic E-state index is 11.8. The van der Waals surface area contributed by atoms with E-state index >= 15 is 0 Å². The average Bonchev–Trinajstić information content (AvgIpc) is 2.69. The lowest BCUT2D eigenvalue weighted by atomic mass is 10.1. The summed E-state index contributed by atoms with van der Waals surface area (Å²) in [4.78, 5) is 18.1. The third-order valence-electron chi connectivity index (χ3n) is 3.52. The summed E-state index contributed by atoms with van der Waals surface area (Å²) in [5.41, 5.74) is 1.81. The first kappa shape index (κ1) is 12.4. The van der Waals surface area contributed by atoms with E-state index < -0.39 is 0 Å². The van der Waals surface area contributed by atoms with E-state index in [1.165, 1.54) is 0 Å². The lowest BCUT2D eigenvalue weighted by molar-refractivity contribution is -0.128. The molecule has 0 aliphatic carbocycles. The van der Waals surface area contributed by atoms with Crippen molar-refractivity contribution < 1.29 is 4.79 Å². The van der Waals surface area contributed by atoms with Crippen LogP contribution in [0.4, 0.5) is 0 Å². The van der Waals surface area contributed by atoms with Gasteiger partial charge in [-0.25, -0.2) is 4.98 Å². The molecule has 2 heterocycles. The number of fused-ring (bicyclic) bond motifs is 1. The number of amides is 1. The number of likely N-dealkylation sites (tertiary alicyclic amines) is 1. The van der Waals surface area contributed by atoms with Crippen molar-refractivity contribution in [3.05, 3.63) is 41.0 Å². The van der Waals surface area contributed by atoms with Gasteiger partial charge in [-0.2, -0.15) is 0 Å². The Bertz CT molecular complexity index is 641. The zero-order valence-corrected chi connectivity index (χ0v) is 11.5. The van der Waals surface area contributed by atoms with Gasteiger partial charge in [0.25, 0.3) is 0 Å². The molecular weight excluding hydrogens is 260 g/mol. The number of pyridine rings is 1. The minimum absolute atomic E-state index is 0.205. The zero-order valence-electron chi connectivity index (χ0n) is 10.8. The Balaban J connectivity index is 1.92. The summed E-state index contributed by atoms with van der Waals surface area (Å²) in [6.45, 7) is 3.46. The normalized spacial score (nSPS) is 19.4. The van der Waals surface area contributed by atoms with Crippen LogP contribution < -0.4 is 0 Å². The van der Waals surface area contributed by atoms with E-state index in [-0.39, 0.29) is 5.91 Å². The van der Waals surface area contributed by atoms with Crippen molar-refractivity contribution >= 4 is 28.4 Å². The van der Waals surface area contributed by atoms with Gasteiger partial charge >= 0.3 is 0 Å². The molecule has 3 rings (SSSR count). The second kappa shape index (κ2) is 4.82. The van der Waals surface area contributed by atoms with E-state index in [2.05, 4.69) is 11.9 Å². The molecule has 0 spiro atoms. The number of aromatic nitrogens is 1. The van der Waals surface area contributed by atoms with Crippen LogP contribution in [-0.2, 0) is 11.3 Å². The molecule has 19 heavy (non-hydrogen) atoms. The van der Waals surface area contributed by atoms with Crippen molar-refractivity contribution in [3.63, 3.8) is 0 Å². The van der Waals surface area contributed by atoms with Gasteiger partial charge in [-0.3, -0.25) is 4.79 Å². The van der Waals surface area contributed by atoms with E-state index in [0.717, 1.165) is 23.0 Å². The third kappa shape index (κ3) is 2.43. The molecule has 0 bridgehead atoms. The van der Waals surface area contributed by atoms with Crippen LogP contribution in [0.3, 0.4) is 0 Å². The summed E-state index contributed by atoms with van der Waals surface area (Å²) in [6, 6.07) is 9.90. The van der Waals surface area contributed by atoms with Crippen molar-refractivity contribution in [2.45, 2.75) is 19.9 Å². The Labute approximate surface area is 117 Å². The number of para-hydroxylation sites is 1. The third-order valence-corrected chi connectivity index (χ3v) is 3.85. The fraction of sp³-hybridized carbons (Fsp3) is 0.333.